The van der Waals surface area contributed by atoms with Gasteiger partial charge in [0.15, 0.2) is 0 Å². The molecule has 1 heterocycles. The van der Waals surface area contributed by atoms with Gasteiger partial charge in [0.05, 0.1) is 29.7 Å². The first-order valence-corrected chi connectivity index (χ1v) is 6.67. The lowest BCUT2D eigenvalue weighted by Crippen LogP contribution is -2.22. The molecule has 0 aliphatic carbocycles. The molecule has 17 heavy (non-hydrogen) atoms. The van der Waals surface area contributed by atoms with E-state index in [0.29, 0.717) is 0 Å². The summed E-state index contributed by atoms with van der Waals surface area (Å²) in [6.45, 7) is 5.20. The minimum Gasteiger partial charge on any atom is -0.305 e. The molecule has 0 amide bonds. The van der Waals surface area contributed by atoms with E-state index < -0.39 is 0 Å². The van der Waals surface area contributed by atoms with Crippen LogP contribution in [0.15, 0.2) is 30.5 Å². The molecule has 4 heteroatoms. The standard InChI is InChI=1S/C13H17N3S/c1-3-10-6-5-7-11(8-10)13(14-4-2)12-9-15-17-16-12/h5-9,13-14H,3-4H2,1-2H3. The summed E-state index contributed by atoms with van der Waals surface area (Å²) in [6, 6.07) is 8.81. The maximum atomic E-state index is 4.34. The van der Waals surface area contributed by atoms with Gasteiger partial charge in [-0.05, 0) is 24.1 Å². The average Bonchev–Trinajstić information content (AvgIpc) is 2.89. The highest BCUT2D eigenvalue weighted by atomic mass is 32.1. The second kappa shape index (κ2) is 5.89. The van der Waals surface area contributed by atoms with Crippen LogP contribution in [0.3, 0.4) is 0 Å². The van der Waals surface area contributed by atoms with Crippen molar-refractivity contribution >= 4 is 11.7 Å². The lowest BCUT2D eigenvalue weighted by atomic mass is 10.0. The van der Waals surface area contributed by atoms with Crippen molar-refractivity contribution < 1.29 is 0 Å². The Morgan fingerprint density at radius 1 is 1.35 bits per heavy atom. The number of aryl methyl sites for hydroxylation is 1. The summed E-state index contributed by atoms with van der Waals surface area (Å²) in [7, 11) is 0. The Hall–Kier alpha value is -1.26. The van der Waals surface area contributed by atoms with Crippen molar-refractivity contribution in [2.45, 2.75) is 26.3 Å². The van der Waals surface area contributed by atoms with Crippen molar-refractivity contribution in [2.75, 3.05) is 6.54 Å². The van der Waals surface area contributed by atoms with E-state index in [2.05, 4.69) is 52.2 Å². The van der Waals surface area contributed by atoms with Crippen LogP contribution in [0, 0.1) is 0 Å². The topological polar surface area (TPSA) is 37.8 Å². The molecule has 0 saturated carbocycles. The molecule has 0 radical (unpaired) electrons. The minimum atomic E-state index is 0.158. The number of hydrogen-bond acceptors (Lipinski definition) is 4. The lowest BCUT2D eigenvalue weighted by Gasteiger charge is -2.16. The van der Waals surface area contributed by atoms with Crippen LogP contribution in [0.2, 0.25) is 0 Å². The fraction of sp³-hybridized carbons (Fsp3) is 0.385. The van der Waals surface area contributed by atoms with E-state index in [1.165, 1.54) is 22.9 Å². The Morgan fingerprint density at radius 2 is 2.24 bits per heavy atom. The molecule has 1 N–H and O–H groups in total. The van der Waals surface area contributed by atoms with Crippen LogP contribution >= 0.6 is 11.7 Å². The highest BCUT2D eigenvalue weighted by Crippen LogP contribution is 2.21. The van der Waals surface area contributed by atoms with Gasteiger partial charge in [0.25, 0.3) is 0 Å². The zero-order chi connectivity index (χ0) is 12.1. The van der Waals surface area contributed by atoms with Crippen LogP contribution in [-0.4, -0.2) is 15.3 Å². The quantitative estimate of drug-likeness (QED) is 0.883. The Balaban J connectivity index is 2.32. The zero-order valence-electron chi connectivity index (χ0n) is 10.2. The summed E-state index contributed by atoms with van der Waals surface area (Å²) in [4.78, 5) is 0. The van der Waals surface area contributed by atoms with E-state index in [1.54, 1.807) is 0 Å². The average molecular weight is 247 g/mol. The highest BCUT2D eigenvalue weighted by molar-refractivity contribution is 6.99. The number of hydrogen-bond donors (Lipinski definition) is 1. The third-order valence-electron chi connectivity index (χ3n) is 2.77. The summed E-state index contributed by atoms with van der Waals surface area (Å²) in [6.07, 6.45) is 2.90. The molecule has 0 aliphatic rings. The Kier molecular flexibility index (Phi) is 4.23. The summed E-state index contributed by atoms with van der Waals surface area (Å²) >= 11 is 1.26. The zero-order valence-corrected chi connectivity index (χ0v) is 11.0. The molecular weight excluding hydrogens is 230 g/mol. The van der Waals surface area contributed by atoms with Crippen LogP contribution < -0.4 is 5.32 Å². The van der Waals surface area contributed by atoms with Gasteiger partial charge in [-0.25, -0.2) is 0 Å². The first-order valence-electron chi connectivity index (χ1n) is 5.94. The molecule has 2 aromatic rings. The third kappa shape index (κ3) is 2.90. The van der Waals surface area contributed by atoms with E-state index in [-0.39, 0.29) is 6.04 Å². The molecule has 1 aromatic heterocycles. The molecule has 1 aromatic carbocycles. The maximum Gasteiger partial charge on any atom is 0.0957 e. The van der Waals surface area contributed by atoms with Gasteiger partial charge < -0.3 is 5.32 Å². The maximum absolute atomic E-state index is 4.34. The van der Waals surface area contributed by atoms with Crippen LogP contribution in [0.5, 0.6) is 0 Å². The van der Waals surface area contributed by atoms with Crippen molar-refractivity contribution in [3.8, 4) is 0 Å². The molecule has 1 atom stereocenters. The molecule has 1 unspecified atom stereocenters. The van der Waals surface area contributed by atoms with Gasteiger partial charge in [0, 0.05) is 0 Å². The van der Waals surface area contributed by atoms with Crippen LogP contribution in [0.4, 0.5) is 0 Å². The normalized spacial score (nSPS) is 12.6. The lowest BCUT2D eigenvalue weighted by molar-refractivity contribution is 0.619. The molecule has 0 fully saturated rings. The molecular formula is C13H17N3S. The SMILES string of the molecule is CCNC(c1cccc(CC)c1)c1cnsn1. The van der Waals surface area contributed by atoms with Crippen molar-refractivity contribution in [1.82, 2.24) is 14.1 Å². The predicted octanol–water partition coefficient (Wildman–Crippen LogP) is 2.80. The number of benzene rings is 1. The van der Waals surface area contributed by atoms with E-state index in [1.807, 2.05) is 6.20 Å². The minimum absolute atomic E-state index is 0.158. The first kappa shape index (κ1) is 12.2. The summed E-state index contributed by atoms with van der Waals surface area (Å²) in [5.41, 5.74) is 3.62. The van der Waals surface area contributed by atoms with Gasteiger partial charge in [-0.2, -0.15) is 8.75 Å². The molecule has 0 saturated heterocycles. The van der Waals surface area contributed by atoms with Crippen molar-refractivity contribution in [1.29, 1.82) is 0 Å². The van der Waals surface area contributed by atoms with E-state index >= 15 is 0 Å². The molecule has 0 aliphatic heterocycles. The van der Waals surface area contributed by atoms with Gasteiger partial charge in [-0.1, -0.05) is 38.1 Å². The second-order valence-corrected chi connectivity index (χ2v) is 4.48. The van der Waals surface area contributed by atoms with E-state index in [4.69, 9.17) is 0 Å². The molecule has 2 rings (SSSR count). The van der Waals surface area contributed by atoms with Crippen molar-refractivity contribution in [2.24, 2.45) is 0 Å². The van der Waals surface area contributed by atoms with E-state index in [9.17, 15) is 0 Å². The van der Waals surface area contributed by atoms with E-state index in [0.717, 1.165) is 18.7 Å². The molecule has 0 bridgehead atoms. The molecule has 3 nitrogen and oxygen atoms in total. The van der Waals surface area contributed by atoms with Crippen molar-refractivity contribution in [3.63, 3.8) is 0 Å². The number of nitrogens with zero attached hydrogens (tertiary/aromatic N) is 2. The fourth-order valence-electron chi connectivity index (χ4n) is 1.89. The van der Waals surface area contributed by atoms with Gasteiger partial charge in [0.2, 0.25) is 0 Å². The Bertz CT molecular complexity index is 453. The van der Waals surface area contributed by atoms with Gasteiger partial charge in [0.1, 0.15) is 0 Å². The van der Waals surface area contributed by atoms with Crippen LogP contribution in [0.25, 0.3) is 0 Å². The number of nitrogens with one attached hydrogen (secondary N) is 1. The third-order valence-corrected chi connectivity index (χ3v) is 3.27. The summed E-state index contributed by atoms with van der Waals surface area (Å²) < 4.78 is 8.42. The Morgan fingerprint density at radius 3 is 2.88 bits per heavy atom. The predicted molar refractivity (Wildman–Crippen MR) is 71.2 cm³/mol. The van der Waals surface area contributed by atoms with Gasteiger partial charge >= 0.3 is 0 Å². The van der Waals surface area contributed by atoms with Gasteiger partial charge in [-0.15, -0.1) is 0 Å². The number of aromatic nitrogens is 2. The van der Waals surface area contributed by atoms with Crippen molar-refractivity contribution in [3.05, 3.63) is 47.3 Å². The highest BCUT2D eigenvalue weighted by Gasteiger charge is 2.15. The summed E-state index contributed by atoms with van der Waals surface area (Å²) in [5.74, 6) is 0. The Labute approximate surface area is 106 Å². The van der Waals surface area contributed by atoms with Gasteiger partial charge in [-0.3, -0.25) is 0 Å². The molecule has 0 spiro atoms. The number of rotatable bonds is 5. The second-order valence-electron chi connectivity index (χ2n) is 3.92. The van der Waals surface area contributed by atoms with Crippen LogP contribution in [-0.2, 0) is 6.42 Å². The largest absolute Gasteiger partial charge is 0.305 e. The molecule has 90 valence electrons. The monoisotopic (exact) mass is 247 g/mol. The first-order chi connectivity index (χ1) is 8.35. The van der Waals surface area contributed by atoms with Crippen LogP contribution in [0.1, 0.15) is 36.7 Å². The summed E-state index contributed by atoms with van der Waals surface area (Å²) in [5, 5.41) is 3.46. The smallest absolute Gasteiger partial charge is 0.0957 e. The fourth-order valence-corrected chi connectivity index (χ4v) is 2.34.